The van der Waals surface area contributed by atoms with Crippen LogP contribution in [0.1, 0.15) is 56.1 Å². The van der Waals surface area contributed by atoms with E-state index in [9.17, 15) is 4.79 Å². The molecule has 4 aromatic rings. The van der Waals surface area contributed by atoms with Gasteiger partial charge in [0.2, 0.25) is 5.91 Å². The fourth-order valence-corrected chi connectivity index (χ4v) is 4.44. The maximum Gasteiger partial charge on any atom is 0.224 e. The van der Waals surface area contributed by atoms with E-state index in [-0.39, 0.29) is 11.9 Å². The van der Waals surface area contributed by atoms with Gasteiger partial charge in [-0.15, -0.1) is 0 Å². The summed E-state index contributed by atoms with van der Waals surface area (Å²) in [6.45, 7) is 7.69. The maximum atomic E-state index is 12.8. The first-order valence-corrected chi connectivity index (χ1v) is 12.6. The average molecular weight is 486 g/mol. The Kier molecular flexibility index (Phi) is 8.26. The molecular formula is C30H35N3O3. The van der Waals surface area contributed by atoms with E-state index in [2.05, 4.69) is 41.9 Å². The van der Waals surface area contributed by atoms with Crippen molar-refractivity contribution >= 4 is 16.9 Å². The molecule has 0 bridgehead atoms. The zero-order valence-electron chi connectivity index (χ0n) is 21.5. The van der Waals surface area contributed by atoms with E-state index in [0.717, 1.165) is 46.9 Å². The third kappa shape index (κ3) is 6.06. The highest BCUT2D eigenvalue weighted by Gasteiger charge is 2.18. The highest BCUT2D eigenvalue weighted by atomic mass is 16.5. The van der Waals surface area contributed by atoms with E-state index in [1.807, 2.05) is 61.5 Å². The molecule has 0 radical (unpaired) electrons. The predicted molar refractivity (Wildman–Crippen MR) is 144 cm³/mol. The molecule has 1 atom stereocenters. The van der Waals surface area contributed by atoms with Gasteiger partial charge in [-0.3, -0.25) is 4.79 Å². The van der Waals surface area contributed by atoms with E-state index in [4.69, 9.17) is 14.5 Å². The van der Waals surface area contributed by atoms with Crippen LogP contribution in [0.25, 0.3) is 11.0 Å². The first kappa shape index (κ1) is 25.3. The number of carbonyl (C=O) groups is 1. The van der Waals surface area contributed by atoms with Crippen LogP contribution in [-0.2, 0) is 17.8 Å². The first-order chi connectivity index (χ1) is 17.5. The Morgan fingerprint density at radius 3 is 2.44 bits per heavy atom. The third-order valence-corrected chi connectivity index (χ3v) is 6.30. The topological polar surface area (TPSA) is 65.4 Å². The standard InChI is InChI=1S/C30H35N3O3/c1-21(2)25-10-5-8-13-28(25)36-19-9-18-33-27-12-7-6-11-26(27)32-30(33)22(3)31-29(34)20-23-14-16-24(35-4)17-15-23/h5-8,10-17,21-22H,9,18-20H2,1-4H3,(H,31,34). The van der Waals surface area contributed by atoms with Crippen LogP contribution in [0.5, 0.6) is 11.5 Å². The fourth-order valence-electron chi connectivity index (χ4n) is 4.44. The lowest BCUT2D eigenvalue weighted by Crippen LogP contribution is -2.30. The Morgan fingerprint density at radius 1 is 0.972 bits per heavy atom. The summed E-state index contributed by atoms with van der Waals surface area (Å²) < 4.78 is 13.5. The predicted octanol–water partition coefficient (Wildman–Crippen LogP) is 6.06. The minimum absolute atomic E-state index is 0.0418. The Balaban J connectivity index is 1.43. The van der Waals surface area contributed by atoms with Crippen LogP contribution >= 0.6 is 0 Å². The van der Waals surface area contributed by atoms with Crippen LogP contribution in [-0.4, -0.2) is 29.2 Å². The number of hydrogen-bond donors (Lipinski definition) is 1. The van der Waals surface area contributed by atoms with Gasteiger partial charge in [0.15, 0.2) is 0 Å². The molecule has 1 N–H and O–H groups in total. The van der Waals surface area contributed by atoms with Gasteiger partial charge in [-0.2, -0.15) is 0 Å². The van der Waals surface area contributed by atoms with E-state index < -0.39 is 0 Å². The van der Waals surface area contributed by atoms with Crippen LogP contribution < -0.4 is 14.8 Å². The summed E-state index contributed by atoms with van der Waals surface area (Å²) in [7, 11) is 1.63. The summed E-state index contributed by atoms with van der Waals surface area (Å²) >= 11 is 0. The number of carbonyl (C=O) groups excluding carboxylic acids is 1. The molecule has 0 fully saturated rings. The molecule has 0 aliphatic carbocycles. The molecule has 36 heavy (non-hydrogen) atoms. The van der Waals surface area contributed by atoms with Gasteiger partial charge in [0.1, 0.15) is 17.3 Å². The molecule has 0 aliphatic rings. The Labute approximate surface area is 213 Å². The number of para-hydroxylation sites is 3. The van der Waals surface area contributed by atoms with Crippen molar-refractivity contribution in [3.8, 4) is 11.5 Å². The van der Waals surface area contributed by atoms with Crippen LogP contribution in [0.2, 0.25) is 0 Å². The molecule has 1 unspecified atom stereocenters. The number of amides is 1. The molecule has 3 aromatic carbocycles. The van der Waals surface area contributed by atoms with E-state index in [1.54, 1.807) is 7.11 Å². The molecule has 0 aliphatic heterocycles. The number of nitrogens with one attached hydrogen (secondary N) is 1. The SMILES string of the molecule is COc1ccc(CC(=O)NC(C)c2nc3ccccc3n2CCCOc2ccccc2C(C)C)cc1. The number of hydrogen-bond acceptors (Lipinski definition) is 4. The minimum Gasteiger partial charge on any atom is -0.497 e. The van der Waals surface area contributed by atoms with Crippen molar-refractivity contribution in [1.82, 2.24) is 14.9 Å². The number of aryl methyl sites for hydroxylation is 1. The lowest BCUT2D eigenvalue weighted by Gasteiger charge is -2.17. The van der Waals surface area contributed by atoms with E-state index >= 15 is 0 Å². The summed E-state index contributed by atoms with van der Waals surface area (Å²) in [6, 6.07) is 23.6. The quantitative estimate of drug-likeness (QED) is 0.262. The van der Waals surface area contributed by atoms with Crippen LogP contribution in [0.4, 0.5) is 0 Å². The number of nitrogens with zero attached hydrogens (tertiary/aromatic N) is 2. The number of benzene rings is 3. The summed E-state index contributed by atoms with van der Waals surface area (Å²) in [5.41, 5.74) is 4.15. The van der Waals surface area contributed by atoms with Crippen molar-refractivity contribution < 1.29 is 14.3 Å². The van der Waals surface area contributed by atoms with Crippen molar-refractivity contribution in [2.75, 3.05) is 13.7 Å². The third-order valence-electron chi connectivity index (χ3n) is 6.30. The van der Waals surface area contributed by atoms with Gasteiger partial charge in [-0.05, 0) is 60.7 Å². The Bertz CT molecular complexity index is 1290. The molecular weight excluding hydrogens is 450 g/mol. The van der Waals surface area contributed by atoms with Crippen LogP contribution in [0.3, 0.4) is 0 Å². The number of ether oxygens (including phenoxy) is 2. The summed E-state index contributed by atoms with van der Waals surface area (Å²) in [6.07, 6.45) is 1.13. The molecule has 188 valence electrons. The van der Waals surface area contributed by atoms with Gasteiger partial charge in [-0.1, -0.05) is 56.3 Å². The molecule has 6 nitrogen and oxygen atoms in total. The lowest BCUT2D eigenvalue weighted by atomic mass is 10.0. The lowest BCUT2D eigenvalue weighted by molar-refractivity contribution is -0.121. The average Bonchev–Trinajstić information content (AvgIpc) is 3.26. The molecule has 1 heterocycles. The zero-order valence-corrected chi connectivity index (χ0v) is 21.5. The Morgan fingerprint density at radius 2 is 1.69 bits per heavy atom. The smallest absolute Gasteiger partial charge is 0.224 e. The monoisotopic (exact) mass is 485 g/mol. The van der Waals surface area contributed by atoms with E-state index in [1.165, 1.54) is 5.56 Å². The number of rotatable bonds is 11. The summed E-state index contributed by atoms with van der Waals surface area (Å²) in [5, 5.41) is 3.13. The fraction of sp³-hybridized carbons (Fsp3) is 0.333. The van der Waals surface area contributed by atoms with Gasteiger partial charge < -0.3 is 19.4 Å². The largest absolute Gasteiger partial charge is 0.497 e. The molecule has 0 saturated carbocycles. The summed E-state index contributed by atoms with van der Waals surface area (Å²) in [4.78, 5) is 17.6. The second kappa shape index (κ2) is 11.8. The van der Waals surface area contributed by atoms with Gasteiger partial charge in [0, 0.05) is 6.54 Å². The highest BCUT2D eigenvalue weighted by molar-refractivity contribution is 5.79. The molecule has 0 spiro atoms. The summed E-state index contributed by atoms with van der Waals surface area (Å²) in [5.74, 6) is 2.94. The number of imidazole rings is 1. The molecule has 4 rings (SSSR count). The molecule has 0 saturated heterocycles. The van der Waals surface area contributed by atoms with Gasteiger partial charge in [-0.25, -0.2) is 4.98 Å². The second-order valence-electron chi connectivity index (χ2n) is 9.32. The number of aromatic nitrogens is 2. The van der Waals surface area contributed by atoms with E-state index in [0.29, 0.717) is 18.9 Å². The van der Waals surface area contributed by atoms with Crippen molar-refractivity contribution in [3.63, 3.8) is 0 Å². The maximum absolute atomic E-state index is 12.8. The van der Waals surface area contributed by atoms with Crippen molar-refractivity contribution in [3.05, 3.63) is 89.7 Å². The molecule has 1 amide bonds. The van der Waals surface area contributed by atoms with Crippen molar-refractivity contribution in [2.24, 2.45) is 0 Å². The Hall–Kier alpha value is -3.80. The van der Waals surface area contributed by atoms with Gasteiger partial charge in [0.25, 0.3) is 0 Å². The van der Waals surface area contributed by atoms with Crippen LogP contribution in [0.15, 0.2) is 72.8 Å². The number of fused-ring (bicyclic) bond motifs is 1. The van der Waals surface area contributed by atoms with Crippen LogP contribution in [0, 0.1) is 0 Å². The molecule has 6 heteroatoms. The van der Waals surface area contributed by atoms with Gasteiger partial charge in [0.05, 0.1) is 37.2 Å². The molecule has 1 aromatic heterocycles. The van der Waals surface area contributed by atoms with Crippen molar-refractivity contribution in [1.29, 1.82) is 0 Å². The van der Waals surface area contributed by atoms with Crippen molar-refractivity contribution in [2.45, 2.75) is 52.1 Å². The van der Waals surface area contributed by atoms with Gasteiger partial charge >= 0.3 is 0 Å². The highest BCUT2D eigenvalue weighted by Crippen LogP contribution is 2.26. The number of methoxy groups -OCH3 is 1. The first-order valence-electron chi connectivity index (χ1n) is 12.6. The second-order valence-corrected chi connectivity index (χ2v) is 9.32. The zero-order chi connectivity index (χ0) is 25.5. The minimum atomic E-state index is -0.231. The normalized spacial score (nSPS) is 12.0.